The zero-order valence-electron chi connectivity index (χ0n) is 13.6. The highest BCUT2D eigenvalue weighted by atomic mass is 35.5. The standard InChI is InChI=1S/C18H15ClF2N2O3/c19-12-2-4-16(24)13(10-12)18(26)23-7-5-22(6-8-23)17(25)11-1-3-14(20)15(21)9-11/h1-4,9-10,24H,5-8H2. The fourth-order valence-electron chi connectivity index (χ4n) is 2.77. The van der Waals surface area contributed by atoms with E-state index in [1.54, 1.807) is 0 Å². The normalized spacial score (nSPS) is 14.4. The van der Waals surface area contributed by atoms with Gasteiger partial charge in [-0.2, -0.15) is 0 Å². The molecule has 0 unspecified atom stereocenters. The average molecular weight is 381 g/mol. The Morgan fingerprint density at radius 3 is 2.12 bits per heavy atom. The number of nitrogens with zero attached hydrogens (tertiary/aromatic N) is 2. The number of amides is 2. The summed E-state index contributed by atoms with van der Waals surface area (Å²) >= 11 is 5.86. The lowest BCUT2D eigenvalue weighted by Gasteiger charge is -2.35. The highest BCUT2D eigenvalue weighted by Crippen LogP contribution is 2.23. The number of benzene rings is 2. The predicted molar refractivity (Wildman–Crippen MR) is 91.3 cm³/mol. The zero-order chi connectivity index (χ0) is 18.8. The largest absolute Gasteiger partial charge is 0.507 e. The number of halogens is 3. The molecule has 2 amide bonds. The first-order valence-electron chi connectivity index (χ1n) is 7.89. The number of aromatic hydroxyl groups is 1. The van der Waals surface area contributed by atoms with Gasteiger partial charge in [-0.1, -0.05) is 11.6 Å². The van der Waals surface area contributed by atoms with Gasteiger partial charge in [0.05, 0.1) is 5.56 Å². The summed E-state index contributed by atoms with van der Waals surface area (Å²) in [4.78, 5) is 27.9. The molecule has 136 valence electrons. The Labute approximate surface area is 153 Å². The fourth-order valence-corrected chi connectivity index (χ4v) is 2.95. The molecule has 1 heterocycles. The number of piperazine rings is 1. The van der Waals surface area contributed by atoms with Gasteiger partial charge in [0.1, 0.15) is 5.75 Å². The molecule has 8 heteroatoms. The van der Waals surface area contributed by atoms with E-state index >= 15 is 0 Å². The van der Waals surface area contributed by atoms with Crippen LogP contribution in [0.2, 0.25) is 5.02 Å². The minimum absolute atomic E-state index is 0.0520. The van der Waals surface area contributed by atoms with E-state index < -0.39 is 17.5 Å². The Kier molecular flexibility index (Phi) is 5.08. The molecule has 2 aromatic rings. The highest BCUT2D eigenvalue weighted by Gasteiger charge is 2.27. The van der Waals surface area contributed by atoms with Gasteiger partial charge in [0, 0.05) is 36.8 Å². The first-order chi connectivity index (χ1) is 12.4. The summed E-state index contributed by atoms with van der Waals surface area (Å²) in [5.74, 6) is -3.08. The number of phenols is 1. The summed E-state index contributed by atoms with van der Waals surface area (Å²) in [7, 11) is 0. The molecule has 2 aromatic carbocycles. The van der Waals surface area contributed by atoms with Crippen LogP contribution < -0.4 is 0 Å². The van der Waals surface area contributed by atoms with E-state index in [4.69, 9.17) is 11.6 Å². The maximum absolute atomic E-state index is 13.3. The molecule has 0 aliphatic carbocycles. The van der Waals surface area contributed by atoms with Crippen molar-refractivity contribution in [3.8, 4) is 5.75 Å². The van der Waals surface area contributed by atoms with E-state index in [-0.39, 0.29) is 49.0 Å². The summed E-state index contributed by atoms with van der Waals surface area (Å²) in [6.07, 6.45) is 0. The van der Waals surface area contributed by atoms with Crippen molar-refractivity contribution < 1.29 is 23.5 Å². The zero-order valence-corrected chi connectivity index (χ0v) is 14.3. The van der Waals surface area contributed by atoms with Crippen molar-refractivity contribution in [2.45, 2.75) is 0 Å². The molecule has 0 spiro atoms. The summed E-state index contributed by atoms with van der Waals surface area (Å²) in [6.45, 7) is 0.982. The molecule has 0 aromatic heterocycles. The second-order valence-corrected chi connectivity index (χ2v) is 6.31. The van der Waals surface area contributed by atoms with E-state index in [0.29, 0.717) is 5.02 Å². The van der Waals surface area contributed by atoms with Crippen LogP contribution >= 0.6 is 11.6 Å². The van der Waals surface area contributed by atoms with Gasteiger partial charge in [-0.05, 0) is 36.4 Å². The van der Waals surface area contributed by atoms with Gasteiger partial charge in [0.25, 0.3) is 11.8 Å². The Hall–Kier alpha value is -2.67. The third-order valence-electron chi connectivity index (χ3n) is 4.21. The van der Waals surface area contributed by atoms with Crippen LogP contribution in [0, 0.1) is 11.6 Å². The van der Waals surface area contributed by atoms with E-state index in [1.165, 1.54) is 34.1 Å². The number of rotatable bonds is 2. The number of carbonyl (C=O) groups is 2. The van der Waals surface area contributed by atoms with Crippen LogP contribution in [0.3, 0.4) is 0 Å². The van der Waals surface area contributed by atoms with Gasteiger partial charge in [-0.25, -0.2) is 8.78 Å². The van der Waals surface area contributed by atoms with Gasteiger partial charge in [0.2, 0.25) is 0 Å². The molecule has 3 rings (SSSR count). The van der Waals surface area contributed by atoms with Crippen molar-refractivity contribution in [1.29, 1.82) is 0 Å². The molecule has 5 nitrogen and oxygen atoms in total. The molecule has 1 N–H and O–H groups in total. The molecule has 26 heavy (non-hydrogen) atoms. The van der Waals surface area contributed by atoms with E-state index in [9.17, 15) is 23.5 Å². The Morgan fingerprint density at radius 1 is 0.885 bits per heavy atom. The van der Waals surface area contributed by atoms with Crippen LogP contribution in [0.25, 0.3) is 0 Å². The van der Waals surface area contributed by atoms with Crippen molar-refractivity contribution in [2.24, 2.45) is 0 Å². The molecule has 0 saturated carbocycles. The molecular formula is C18H15ClF2N2O3. The number of hydrogen-bond donors (Lipinski definition) is 1. The first-order valence-corrected chi connectivity index (χ1v) is 8.26. The number of hydrogen-bond acceptors (Lipinski definition) is 3. The van der Waals surface area contributed by atoms with Crippen molar-refractivity contribution >= 4 is 23.4 Å². The Morgan fingerprint density at radius 2 is 1.50 bits per heavy atom. The van der Waals surface area contributed by atoms with Crippen molar-refractivity contribution in [3.63, 3.8) is 0 Å². The Balaban J connectivity index is 1.67. The first kappa shape index (κ1) is 18.1. The third-order valence-corrected chi connectivity index (χ3v) is 4.44. The number of carbonyl (C=O) groups excluding carboxylic acids is 2. The monoisotopic (exact) mass is 380 g/mol. The van der Waals surface area contributed by atoms with Crippen molar-refractivity contribution in [3.05, 3.63) is 64.2 Å². The highest BCUT2D eigenvalue weighted by molar-refractivity contribution is 6.31. The van der Waals surface area contributed by atoms with E-state index in [2.05, 4.69) is 0 Å². The van der Waals surface area contributed by atoms with Gasteiger partial charge in [0.15, 0.2) is 11.6 Å². The quantitative estimate of drug-likeness (QED) is 0.871. The van der Waals surface area contributed by atoms with Gasteiger partial charge in [-0.3, -0.25) is 9.59 Å². The molecular weight excluding hydrogens is 366 g/mol. The van der Waals surface area contributed by atoms with E-state index in [1.807, 2.05) is 0 Å². The minimum atomic E-state index is -1.08. The minimum Gasteiger partial charge on any atom is -0.507 e. The maximum Gasteiger partial charge on any atom is 0.257 e. The third kappa shape index (κ3) is 3.62. The summed E-state index contributed by atoms with van der Waals surface area (Å²) in [5, 5.41) is 10.2. The molecule has 1 aliphatic heterocycles. The smallest absolute Gasteiger partial charge is 0.257 e. The van der Waals surface area contributed by atoms with Crippen LogP contribution in [-0.4, -0.2) is 52.9 Å². The van der Waals surface area contributed by atoms with Crippen LogP contribution in [0.4, 0.5) is 8.78 Å². The summed E-state index contributed by atoms with van der Waals surface area (Å²) < 4.78 is 26.3. The topological polar surface area (TPSA) is 60.9 Å². The van der Waals surface area contributed by atoms with Gasteiger partial charge < -0.3 is 14.9 Å². The van der Waals surface area contributed by atoms with E-state index in [0.717, 1.165) is 12.1 Å². The second-order valence-electron chi connectivity index (χ2n) is 5.87. The van der Waals surface area contributed by atoms with Crippen LogP contribution in [0.1, 0.15) is 20.7 Å². The lowest BCUT2D eigenvalue weighted by molar-refractivity contribution is 0.0533. The average Bonchev–Trinajstić information content (AvgIpc) is 2.65. The van der Waals surface area contributed by atoms with Gasteiger partial charge >= 0.3 is 0 Å². The number of phenolic OH excluding ortho intramolecular Hbond substituents is 1. The molecule has 0 atom stereocenters. The fraction of sp³-hybridized carbons (Fsp3) is 0.222. The predicted octanol–water partition coefficient (Wildman–Crippen LogP) is 2.92. The van der Waals surface area contributed by atoms with Crippen LogP contribution in [0.15, 0.2) is 36.4 Å². The van der Waals surface area contributed by atoms with Crippen LogP contribution in [-0.2, 0) is 0 Å². The molecule has 0 bridgehead atoms. The Bertz CT molecular complexity index is 868. The maximum atomic E-state index is 13.3. The SMILES string of the molecule is O=C(c1ccc(F)c(F)c1)N1CCN(C(=O)c2cc(Cl)ccc2O)CC1. The van der Waals surface area contributed by atoms with Gasteiger partial charge in [-0.15, -0.1) is 0 Å². The molecule has 0 radical (unpaired) electrons. The second kappa shape index (κ2) is 7.29. The lowest BCUT2D eigenvalue weighted by Crippen LogP contribution is -2.50. The molecule has 1 aliphatic rings. The summed E-state index contributed by atoms with van der Waals surface area (Å²) in [5.41, 5.74) is 0.147. The lowest BCUT2D eigenvalue weighted by atomic mass is 10.1. The van der Waals surface area contributed by atoms with Crippen molar-refractivity contribution in [2.75, 3.05) is 26.2 Å². The molecule has 1 saturated heterocycles. The van der Waals surface area contributed by atoms with Crippen LogP contribution in [0.5, 0.6) is 5.75 Å². The molecule has 1 fully saturated rings. The summed E-state index contributed by atoms with van der Waals surface area (Å²) in [6, 6.07) is 7.20. The van der Waals surface area contributed by atoms with Crippen molar-refractivity contribution in [1.82, 2.24) is 9.80 Å².